The maximum Gasteiger partial charge on any atom is 0.185 e. The van der Waals surface area contributed by atoms with Crippen molar-refractivity contribution in [2.45, 2.75) is 105 Å². The zero-order chi connectivity index (χ0) is 65.8. The second-order valence-corrected chi connectivity index (χ2v) is 29.9. The van der Waals surface area contributed by atoms with Crippen LogP contribution in [-0.2, 0) is 21.7 Å². The van der Waals surface area contributed by atoms with Crippen LogP contribution in [0.4, 0.5) is 39.9 Å². The lowest BCUT2D eigenvalue weighted by atomic mass is 9.82. The van der Waals surface area contributed by atoms with Crippen molar-refractivity contribution in [3.05, 3.63) is 241 Å². The van der Waals surface area contributed by atoms with Gasteiger partial charge in [-0.2, -0.15) is 0 Å². The first-order valence-electron chi connectivity index (χ1n) is 33.4. The Morgan fingerprint density at radius 1 is 0.415 bits per heavy atom. The molecule has 1 aromatic heterocycles. The van der Waals surface area contributed by atoms with Crippen molar-refractivity contribution >= 4 is 68.8 Å². The van der Waals surface area contributed by atoms with E-state index in [0.717, 1.165) is 34.1 Å². The smallest absolute Gasteiger partial charge is 0.185 e. The van der Waals surface area contributed by atoms with E-state index in [9.17, 15) is 5.48 Å². The standard InChI is InChI=1S/C76H74N4OSi/c1-73(2,3)52-34-37-67-61(42-52)62-43-53(74(4,5)6)35-38-68(62)82(67)69-33-22-21-32-65(69)80(71-46-54(40-41-77-71)75(7,8)9)66-48-58(36-39-70(66)82)81-57-29-23-28-56(47-57)78-49-79(64-31-20-19-30-63(64)78)72-59(50-24-15-13-16-25-50)44-55(76(10,11)12)45-60(72)51-26-17-14-18-27-51/h13-48H,49H2,1-12H3/i13D,14D,15D,16D,17D,18D,24D,25D,26D,27D. The van der Waals surface area contributed by atoms with E-state index in [1.165, 1.54) is 43.0 Å². The Bertz CT molecular complexity index is 4540. The Kier molecular flexibility index (Phi) is 10.0. The highest BCUT2D eigenvalue weighted by molar-refractivity contribution is 7.23. The van der Waals surface area contributed by atoms with E-state index in [0.29, 0.717) is 28.4 Å². The molecule has 0 fully saturated rings. The lowest BCUT2D eigenvalue weighted by Gasteiger charge is -2.43. The fourth-order valence-corrected chi connectivity index (χ4v) is 17.9. The minimum absolute atomic E-state index is 0.0823. The molecule has 0 atom stereocenters. The second-order valence-electron chi connectivity index (χ2n) is 26.2. The minimum atomic E-state index is -3.13. The van der Waals surface area contributed by atoms with Crippen LogP contribution < -0.4 is 40.2 Å². The van der Waals surface area contributed by atoms with Crippen LogP contribution >= 0.6 is 0 Å². The van der Waals surface area contributed by atoms with Crippen LogP contribution in [0.1, 0.15) is 119 Å². The molecule has 0 amide bonds. The Morgan fingerprint density at radius 3 is 1.48 bits per heavy atom. The number of pyridine rings is 1. The van der Waals surface area contributed by atoms with Crippen molar-refractivity contribution in [3.8, 4) is 44.9 Å². The predicted molar refractivity (Wildman–Crippen MR) is 349 cm³/mol. The van der Waals surface area contributed by atoms with Gasteiger partial charge < -0.3 is 14.5 Å². The molecule has 0 aliphatic carbocycles. The summed E-state index contributed by atoms with van der Waals surface area (Å²) in [6.07, 6.45) is 1.92. The average Bonchev–Trinajstić information content (AvgIpc) is 1.44. The monoisotopic (exact) mass is 1100 g/mol. The molecule has 0 N–H and O–H groups in total. The molecule has 9 aromatic carbocycles. The fraction of sp³-hybridized carbons (Fsp3) is 0.224. The van der Waals surface area contributed by atoms with Crippen LogP contribution in [0, 0.1) is 0 Å². The van der Waals surface area contributed by atoms with Gasteiger partial charge in [0.2, 0.25) is 0 Å². The van der Waals surface area contributed by atoms with Crippen molar-refractivity contribution in [2.24, 2.45) is 0 Å². The number of hydrogen-bond donors (Lipinski definition) is 0. The maximum atomic E-state index is 9.40. The quantitative estimate of drug-likeness (QED) is 0.149. The van der Waals surface area contributed by atoms with Gasteiger partial charge in [0, 0.05) is 40.8 Å². The van der Waals surface area contributed by atoms with E-state index in [1.54, 1.807) is 0 Å². The van der Waals surface area contributed by atoms with E-state index in [4.69, 9.17) is 17.9 Å². The number of fused-ring (bicyclic) bond motifs is 10. The molecule has 5 nitrogen and oxygen atoms in total. The van der Waals surface area contributed by atoms with Gasteiger partial charge in [-0.15, -0.1) is 0 Å². The summed E-state index contributed by atoms with van der Waals surface area (Å²) in [4.78, 5) is 11.5. The molecule has 0 saturated carbocycles. The normalized spacial score (nSPS) is 16.0. The molecule has 4 heterocycles. The molecule has 82 heavy (non-hydrogen) atoms. The summed E-state index contributed by atoms with van der Waals surface area (Å²) < 4.78 is 97.5. The molecular formula is C76H74N4OSi. The highest BCUT2D eigenvalue weighted by atomic mass is 28.3. The number of para-hydroxylation sites is 3. The van der Waals surface area contributed by atoms with E-state index in [-0.39, 0.29) is 45.2 Å². The molecule has 10 aromatic rings. The Balaban J connectivity index is 0.984. The van der Waals surface area contributed by atoms with Crippen LogP contribution in [-0.4, -0.2) is 19.7 Å². The fourth-order valence-electron chi connectivity index (χ4n) is 12.4. The van der Waals surface area contributed by atoms with Crippen LogP contribution in [0.2, 0.25) is 0 Å². The number of hydrogen-bond acceptors (Lipinski definition) is 5. The van der Waals surface area contributed by atoms with Gasteiger partial charge in [-0.25, -0.2) is 4.98 Å². The number of aromatic nitrogens is 1. The molecular weight excluding hydrogens is 1010 g/mol. The molecule has 0 saturated heterocycles. The van der Waals surface area contributed by atoms with Gasteiger partial charge in [0.15, 0.2) is 8.07 Å². The summed E-state index contributed by atoms with van der Waals surface area (Å²) in [5, 5.41) is 5.21. The van der Waals surface area contributed by atoms with E-state index in [2.05, 4.69) is 163 Å². The lowest BCUT2D eigenvalue weighted by Crippen LogP contribution is -2.75. The van der Waals surface area contributed by atoms with Gasteiger partial charge in [-0.1, -0.05) is 222 Å². The molecule has 6 heteroatoms. The summed E-state index contributed by atoms with van der Waals surface area (Å²) in [5.41, 5.74) is 10.8. The molecule has 0 unspecified atom stereocenters. The average molecular weight is 1100 g/mol. The number of anilines is 7. The summed E-state index contributed by atoms with van der Waals surface area (Å²) in [5.74, 6) is 1.96. The maximum absolute atomic E-state index is 9.40. The van der Waals surface area contributed by atoms with Gasteiger partial charge in [-0.3, -0.25) is 4.90 Å². The van der Waals surface area contributed by atoms with Crippen molar-refractivity contribution in [2.75, 3.05) is 21.4 Å². The lowest BCUT2D eigenvalue weighted by molar-refractivity contribution is 0.483. The van der Waals surface area contributed by atoms with E-state index < -0.39 is 73.9 Å². The number of ether oxygens (including phenoxy) is 1. The Morgan fingerprint density at radius 2 is 0.902 bits per heavy atom. The van der Waals surface area contributed by atoms with Gasteiger partial charge in [-0.05, 0) is 148 Å². The van der Waals surface area contributed by atoms with Crippen molar-refractivity contribution in [1.29, 1.82) is 0 Å². The third-order valence-corrected chi connectivity index (χ3v) is 21.7. The largest absolute Gasteiger partial charge is 0.457 e. The molecule has 13 rings (SSSR count). The zero-order valence-electron chi connectivity index (χ0n) is 58.9. The van der Waals surface area contributed by atoms with Crippen molar-refractivity contribution in [3.63, 3.8) is 0 Å². The van der Waals surface area contributed by atoms with Crippen molar-refractivity contribution < 1.29 is 18.4 Å². The van der Waals surface area contributed by atoms with Gasteiger partial charge in [0.25, 0.3) is 0 Å². The summed E-state index contributed by atoms with van der Waals surface area (Å²) >= 11 is 0. The zero-order valence-corrected chi connectivity index (χ0v) is 49.9. The third kappa shape index (κ3) is 8.85. The van der Waals surface area contributed by atoms with Crippen LogP contribution in [0.15, 0.2) is 218 Å². The first-order valence-corrected chi connectivity index (χ1v) is 30.4. The summed E-state index contributed by atoms with van der Waals surface area (Å²) in [6.45, 7) is 26.4. The Hall–Kier alpha value is -8.45. The van der Waals surface area contributed by atoms with Crippen LogP contribution in [0.25, 0.3) is 33.4 Å². The topological polar surface area (TPSA) is 31.8 Å². The molecule has 3 aliphatic rings. The SMILES string of the molecule is [2H]c1c([2H])c([2H])c(-c2cc(C(C)(C)C)cc(-c3c([2H])c([2H])c([2H])c([2H])c3[2H])c2N2CN(c3cccc(Oc4ccc5c(c4)N(c4cc(C(C)(C)C)ccn4)c4ccccc4[Si]54c5ccc(C(C)(C)C)cc5-c5cc(C(C)(C)C)ccc54)c3)c3ccccc32)c([2H])c1[2H]. The van der Waals surface area contributed by atoms with Crippen molar-refractivity contribution in [1.82, 2.24) is 4.98 Å². The predicted octanol–water partition coefficient (Wildman–Crippen LogP) is 17.8. The van der Waals surface area contributed by atoms with E-state index in [1.807, 2.05) is 92.5 Å². The third-order valence-electron chi connectivity index (χ3n) is 16.8. The number of rotatable bonds is 7. The van der Waals surface area contributed by atoms with E-state index >= 15 is 0 Å². The van der Waals surface area contributed by atoms with Gasteiger partial charge >= 0.3 is 0 Å². The molecule has 0 radical (unpaired) electrons. The summed E-state index contributed by atoms with van der Waals surface area (Å²) in [6, 6.07) is 48.5. The van der Waals surface area contributed by atoms with Gasteiger partial charge in [0.1, 0.15) is 24.0 Å². The van der Waals surface area contributed by atoms with Crippen LogP contribution in [0.5, 0.6) is 11.5 Å². The number of benzene rings is 9. The van der Waals surface area contributed by atoms with Gasteiger partial charge in [0.05, 0.1) is 36.5 Å². The first kappa shape index (κ1) is 42.4. The molecule has 1 spiro atoms. The van der Waals surface area contributed by atoms with Crippen LogP contribution in [0.3, 0.4) is 0 Å². The highest BCUT2D eigenvalue weighted by Gasteiger charge is 2.54. The highest BCUT2D eigenvalue weighted by Crippen LogP contribution is 2.52. The molecule has 408 valence electrons. The second kappa shape index (κ2) is 19.3. The molecule has 0 bridgehead atoms. The summed E-state index contributed by atoms with van der Waals surface area (Å²) in [7, 11) is -3.13. The molecule has 3 aliphatic heterocycles. The minimum Gasteiger partial charge on any atom is -0.457 e. The Labute approximate surface area is 501 Å². The number of nitrogens with zero attached hydrogens (tertiary/aromatic N) is 4. The first-order chi connectivity index (χ1) is 43.3.